The topological polar surface area (TPSA) is 61.2 Å². The predicted molar refractivity (Wildman–Crippen MR) is 96.9 cm³/mol. The van der Waals surface area contributed by atoms with E-state index in [1.54, 1.807) is 0 Å². The van der Waals surface area contributed by atoms with Crippen LogP contribution >= 0.6 is 0 Å². The van der Waals surface area contributed by atoms with Gasteiger partial charge in [-0.3, -0.25) is 9.59 Å². The molecule has 0 aliphatic rings. The number of benzene rings is 2. The maximum absolute atomic E-state index is 13.1. The number of ether oxygens (including phenoxy) is 1. The summed E-state index contributed by atoms with van der Waals surface area (Å²) in [5.41, 5.74) is -0.116. The largest absolute Gasteiger partial charge is 0.469 e. The number of hydrogen-bond donors (Lipinski definition) is 0. The van der Waals surface area contributed by atoms with Crippen molar-refractivity contribution in [2.75, 3.05) is 7.11 Å². The number of methoxy groups -OCH3 is 1. The molecule has 0 radical (unpaired) electrons. The third-order valence-electron chi connectivity index (χ3n) is 4.32. The first-order valence-corrected chi connectivity index (χ1v) is 8.51. The van der Waals surface area contributed by atoms with E-state index in [4.69, 9.17) is 0 Å². The van der Waals surface area contributed by atoms with E-state index < -0.39 is 23.3 Å². The van der Waals surface area contributed by atoms with Crippen molar-refractivity contribution < 1.29 is 22.7 Å². The lowest BCUT2D eigenvalue weighted by atomic mass is 10.1. The van der Waals surface area contributed by atoms with Crippen molar-refractivity contribution in [3.8, 4) is 0 Å². The second kappa shape index (κ2) is 7.84. The van der Waals surface area contributed by atoms with Crippen LogP contribution < -0.4 is 5.56 Å². The number of fused-ring (bicyclic) bond motifs is 1. The zero-order chi connectivity index (χ0) is 20.3. The Morgan fingerprint density at radius 1 is 1.14 bits per heavy atom. The Kier molecular flexibility index (Phi) is 5.48. The van der Waals surface area contributed by atoms with Gasteiger partial charge in [-0.05, 0) is 23.8 Å². The summed E-state index contributed by atoms with van der Waals surface area (Å²) in [6.45, 7) is 0.176. The minimum Gasteiger partial charge on any atom is -0.469 e. The second-order valence-electron chi connectivity index (χ2n) is 6.21. The van der Waals surface area contributed by atoms with Crippen molar-refractivity contribution in [1.82, 2.24) is 9.55 Å². The number of carbonyl (C=O) groups is 1. The van der Waals surface area contributed by atoms with Gasteiger partial charge in [-0.2, -0.15) is 13.2 Å². The molecule has 0 saturated heterocycles. The van der Waals surface area contributed by atoms with Crippen molar-refractivity contribution in [2.45, 2.75) is 25.6 Å². The summed E-state index contributed by atoms with van der Waals surface area (Å²) in [4.78, 5) is 28.4. The number of rotatable bonds is 5. The summed E-state index contributed by atoms with van der Waals surface area (Å²) in [6, 6.07) is 12.2. The fourth-order valence-corrected chi connectivity index (χ4v) is 2.88. The Labute approximate surface area is 158 Å². The van der Waals surface area contributed by atoms with Crippen molar-refractivity contribution in [2.24, 2.45) is 0 Å². The third-order valence-corrected chi connectivity index (χ3v) is 4.32. The van der Waals surface area contributed by atoms with Crippen LogP contribution in [0.1, 0.15) is 23.2 Å². The lowest BCUT2D eigenvalue weighted by Gasteiger charge is -2.14. The van der Waals surface area contributed by atoms with E-state index in [0.29, 0.717) is 5.52 Å². The van der Waals surface area contributed by atoms with Crippen LogP contribution in [-0.4, -0.2) is 22.6 Å². The number of aryl methyl sites for hydroxylation is 1. The maximum atomic E-state index is 13.1. The van der Waals surface area contributed by atoms with Crippen molar-refractivity contribution >= 4 is 17.0 Å². The quantitative estimate of drug-likeness (QED) is 0.625. The molecule has 0 atom stereocenters. The van der Waals surface area contributed by atoms with Crippen molar-refractivity contribution in [3.63, 3.8) is 0 Å². The smallest absolute Gasteiger partial charge is 0.416 e. The molecule has 1 heterocycles. The summed E-state index contributed by atoms with van der Waals surface area (Å²) >= 11 is 0. The Hall–Kier alpha value is -3.16. The average molecular weight is 390 g/mol. The van der Waals surface area contributed by atoms with E-state index in [0.717, 1.165) is 17.7 Å². The summed E-state index contributed by atoms with van der Waals surface area (Å²) in [7, 11) is 1.22. The highest BCUT2D eigenvalue weighted by Crippen LogP contribution is 2.31. The lowest BCUT2D eigenvalue weighted by Crippen LogP contribution is -2.27. The maximum Gasteiger partial charge on any atom is 0.416 e. The van der Waals surface area contributed by atoms with Gasteiger partial charge < -0.3 is 9.30 Å². The predicted octanol–water partition coefficient (Wildman–Crippen LogP) is 3.57. The van der Waals surface area contributed by atoms with E-state index in [-0.39, 0.29) is 30.6 Å². The van der Waals surface area contributed by atoms with Gasteiger partial charge in [0, 0.05) is 6.42 Å². The summed E-state index contributed by atoms with van der Waals surface area (Å²) < 4.78 is 45.2. The van der Waals surface area contributed by atoms with Gasteiger partial charge in [0.05, 0.1) is 36.7 Å². The first-order chi connectivity index (χ1) is 13.3. The highest BCUT2D eigenvalue weighted by molar-refractivity contribution is 5.76. The fraction of sp³-hybridized carbons (Fsp3) is 0.250. The first kappa shape index (κ1) is 19.6. The molecular formula is C20H17F3N2O3. The summed E-state index contributed by atoms with van der Waals surface area (Å²) in [5.74, 6) is -0.528. The van der Waals surface area contributed by atoms with E-state index in [1.165, 1.54) is 17.7 Å². The first-order valence-electron chi connectivity index (χ1n) is 8.51. The van der Waals surface area contributed by atoms with E-state index in [2.05, 4.69) is 9.72 Å². The molecule has 0 fully saturated rings. The minimum atomic E-state index is -4.53. The van der Waals surface area contributed by atoms with Gasteiger partial charge in [0.25, 0.3) is 5.56 Å². The number of carbonyl (C=O) groups excluding carboxylic acids is 1. The number of hydrogen-bond acceptors (Lipinski definition) is 4. The van der Waals surface area contributed by atoms with Gasteiger partial charge in [-0.15, -0.1) is 0 Å². The molecule has 8 heteroatoms. The van der Waals surface area contributed by atoms with Crippen LogP contribution in [0.2, 0.25) is 0 Å². The highest BCUT2D eigenvalue weighted by atomic mass is 19.4. The molecule has 0 unspecified atom stereocenters. The Bertz CT molecular complexity index is 1060. The van der Waals surface area contributed by atoms with Crippen LogP contribution in [0.4, 0.5) is 13.2 Å². The molecule has 0 aliphatic heterocycles. The zero-order valence-corrected chi connectivity index (χ0v) is 15.0. The number of esters is 1. The van der Waals surface area contributed by atoms with Gasteiger partial charge in [0.15, 0.2) is 0 Å². The number of nitrogens with zero attached hydrogens (tertiary/aromatic N) is 2. The Morgan fingerprint density at radius 2 is 1.86 bits per heavy atom. The van der Waals surface area contributed by atoms with Gasteiger partial charge in [0.1, 0.15) is 5.69 Å². The molecule has 3 aromatic rings. The number of aromatic nitrogens is 2. The average Bonchev–Trinajstić information content (AvgIpc) is 2.68. The van der Waals surface area contributed by atoms with Gasteiger partial charge in [0.2, 0.25) is 0 Å². The normalized spacial score (nSPS) is 11.6. The third kappa shape index (κ3) is 4.21. The number of halogens is 3. The highest BCUT2D eigenvalue weighted by Gasteiger charge is 2.31. The molecule has 5 nitrogen and oxygen atoms in total. The molecule has 0 aliphatic carbocycles. The Balaban J connectivity index is 2.15. The molecular weight excluding hydrogens is 373 g/mol. The molecule has 0 N–H and O–H groups in total. The van der Waals surface area contributed by atoms with Crippen LogP contribution in [0.3, 0.4) is 0 Å². The molecule has 3 rings (SSSR count). The molecule has 0 spiro atoms. The molecule has 0 bridgehead atoms. The van der Waals surface area contributed by atoms with Crippen molar-refractivity contribution in [1.29, 1.82) is 0 Å². The zero-order valence-electron chi connectivity index (χ0n) is 15.0. The molecule has 0 saturated carbocycles. The van der Waals surface area contributed by atoms with E-state index in [9.17, 15) is 22.8 Å². The van der Waals surface area contributed by atoms with Crippen LogP contribution in [0.5, 0.6) is 0 Å². The van der Waals surface area contributed by atoms with Gasteiger partial charge >= 0.3 is 12.1 Å². The SMILES string of the molecule is COC(=O)CCc1nc2cc(C(F)(F)F)ccc2n(Cc2ccccc2)c1=O. The summed E-state index contributed by atoms with van der Waals surface area (Å²) in [5, 5.41) is 0. The molecule has 146 valence electrons. The van der Waals surface area contributed by atoms with Crippen LogP contribution in [0.15, 0.2) is 53.3 Å². The van der Waals surface area contributed by atoms with Gasteiger partial charge in [-0.1, -0.05) is 30.3 Å². The molecule has 28 heavy (non-hydrogen) atoms. The summed E-state index contributed by atoms with van der Waals surface area (Å²) in [6.07, 6.45) is -4.64. The molecule has 2 aromatic carbocycles. The molecule has 1 aromatic heterocycles. The second-order valence-corrected chi connectivity index (χ2v) is 6.21. The fourth-order valence-electron chi connectivity index (χ4n) is 2.88. The van der Waals surface area contributed by atoms with E-state index >= 15 is 0 Å². The lowest BCUT2D eigenvalue weighted by molar-refractivity contribution is -0.140. The monoisotopic (exact) mass is 390 g/mol. The van der Waals surface area contributed by atoms with E-state index in [1.807, 2.05) is 30.3 Å². The number of alkyl halides is 3. The van der Waals surface area contributed by atoms with Crippen LogP contribution in [-0.2, 0) is 28.7 Å². The molecule has 0 amide bonds. The van der Waals surface area contributed by atoms with Gasteiger partial charge in [-0.25, -0.2) is 4.98 Å². The van der Waals surface area contributed by atoms with Crippen LogP contribution in [0.25, 0.3) is 11.0 Å². The van der Waals surface area contributed by atoms with Crippen molar-refractivity contribution in [3.05, 3.63) is 75.7 Å². The Morgan fingerprint density at radius 3 is 2.50 bits per heavy atom. The standard InChI is InChI=1S/C20H17F3N2O3/c1-28-18(26)10-8-15-19(27)25(12-13-5-3-2-4-6-13)17-9-7-14(20(21,22)23)11-16(17)24-15/h2-7,9,11H,8,10,12H2,1H3. The van der Waals surface area contributed by atoms with Crippen LogP contribution in [0, 0.1) is 0 Å². The minimum absolute atomic E-state index is 0.0213.